The molecule has 0 aliphatic carbocycles. The number of nitrogens with one attached hydrogen (secondary N) is 1. The average molecular weight is 293 g/mol. The minimum absolute atomic E-state index is 0.0949. The molecule has 0 bridgehead atoms. The van der Waals surface area contributed by atoms with Gasteiger partial charge in [-0.3, -0.25) is 4.79 Å². The highest BCUT2D eigenvalue weighted by molar-refractivity contribution is 5.80. The van der Waals surface area contributed by atoms with Crippen LogP contribution in [0.1, 0.15) is 46.1 Å². The number of rotatable bonds is 8. The molecular formula is C17H27NO3. The van der Waals surface area contributed by atoms with Crippen LogP contribution >= 0.6 is 0 Å². The van der Waals surface area contributed by atoms with E-state index < -0.39 is 6.10 Å². The van der Waals surface area contributed by atoms with Crippen molar-refractivity contribution in [2.24, 2.45) is 0 Å². The van der Waals surface area contributed by atoms with Crippen LogP contribution in [0, 0.1) is 0 Å². The van der Waals surface area contributed by atoms with Gasteiger partial charge in [-0.25, -0.2) is 0 Å². The molecular weight excluding hydrogens is 266 g/mol. The molecule has 4 nitrogen and oxygen atoms in total. The first-order valence-corrected chi connectivity index (χ1v) is 7.66. The van der Waals surface area contributed by atoms with Gasteiger partial charge in [0.05, 0.1) is 6.10 Å². The largest absolute Gasteiger partial charge is 0.481 e. The first kappa shape index (κ1) is 17.5. The second kappa shape index (κ2) is 8.67. The lowest BCUT2D eigenvalue weighted by molar-refractivity contribution is -0.127. The van der Waals surface area contributed by atoms with Gasteiger partial charge < -0.3 is 15.2 Å². The van der Waals surface area contributed by atoms with Gasteiger partial charge in [-0.2, -0.15) is 0 Å². The van der Waals surface area contributed by atoms with Crippen LogP contribution in [-0.4, -0.2) is 29.3 Å². The van der Waals surface area contributed by atoms with E-state index in [-0.39, 0.29) is 18.1 Å². The van der Waals surface area contributed by atoms with E-state index in [1.54, 1.807) is 13.8 Å². The predicted molar refractivity (Wildman–Crippen MR) is 84.4 cm³/mol. The fraction of sp³-hybridized carbons (Fsp3) is 0.588. The molecule has 0 saturated carbocycles. The van der Waals surface area contributed by atoms with E-state index in [9.17, 15) is 9.90 Å². The summed E-state index contributed by atoms with van der Waals surface area (Å²) in [7, 11) is 0. The summed E-state index contributed by atoms with van der Waals surface area (Å²) in [6.45, 7) is 7.54. The van der Waals surface area contributed by atoms with Crippen molar-refractivity contribution in [3.63, 3.8) is 0 Å². The highest BCUT2D eigenvalue weighted by atomic mass is 16.5. The fourth-order valence-electron chi connectivity index (χ4n) is 1.83. The van der Waals surface area contributed by atoms with Gasteiger partial charge in [0.15, 0.2) is 6.10 Å². The Morgan fingerprint density at radius 2 is 1.86 bits per heavy atom. The van der Waals surface area contributed by atoms with Gasteiger partial charge in [0, 0.05) is 6.04 Å². The van der Waals surface area contributed by atoms with E-state index in [1.165, 1.54) is 0 Å². The first-order chi connectivity index (χ1) is 9.92. The Labute approximate surface area is 127 Å². The van der Waals surface area contributed by atoms with Crippen LogP contribution in [0.5, 0.6) is 5.75 Å². The minimum atomic E-state index is -0.512. The Morgan fingerprint density at radius 3 is 2.38 bits per heavy atom. The lowest BCUT2D eigenvalue weighted by atomic mass is 10.1. The number of amides is 1. The number of aryl methyl sites for hydroxylation is 1. The van der Waals surface area contributed by atoms with Gasteiger partial charge >= 0.3 is 0 Å². The third-order valence-corrected chi connectivity index (χ3v) is 3.46. The summed E-state index contributed by atoms with van der Waals surface area (Å²) in [5.74, 6) is 0.588. The smallest absolute Gasteiger partial charge is 0.260 e. The lowest BCUT2D eigenvalue weighted by Crippen LogP contribution is -2.40. The van der Waals surface area contributed by atoms with Gasteiger partial charge in [0.2, 0.25) is 0 Å². The van der Waals surface area contributed by atoms with Crippen LogP contribution in [0.4, 0.5) is 0 Å². The zero-order chi connectivity index (χ0) is 15.8. The van der Waals surface area contributed by atoms with Crippen molar-refractivity contribution in [3.05, 3.63) is 29.8 Å². The summed E-state index contributed by atoms with van der Waals surface area (Å²) in [5, 5.41) is 12.2. The maximum Gasteiger partial charge on any atom is 0.260 e. The molecule has 1 amide bonds. The molecule has 0 spiro atoms. The number of benzene rings is 1. The molecule has 3 unspecified atom stereocenters. The summed E-state index contributed by atoms with van der Waals surface area (Å²) < 4.78 is 5.64. The summed E-state index contributed by atoms with van der Waals surface area (Å²) in [5.41, 5.74) is 1.15. The maximum absolute atomic E-state index is 11.9. The molecule has 0 aromatic heterocycles. The van der Waals surface area contributed by atoms with Crippen molar-refractivity contribution >= 4 is 5.91 Å². The number of aliphatic hydroxyl groups is 1. The van der Waals surface area contributed by atoms with Crippen molar-refractivity contribution in [1.29, 1.82) is 0 Å². The molecule has 0 heterocycles. The van der Waals surface area contributed by atoms with Crippen molar-refractivity contribution in [2.75, 3.05) is 0 Å². The molecule has 1 rings (SSSR count). The Hall–Kier alpha value is -1.55. The van der Waals surface area contributed by atoms with Crippen molar-refractivity contribution < 1.29 is 14.6 Å². The standard InChI is InChI=1S/C17H27NO3/c1-5-12(2)18-17(20)14(4)21-16-10-8-15(9-11-16)7-6-13(3)19/h8-14,19H,5-7H2,1-4H3,(H,18,20). The predicted octanol–water partition coefficient (Wildman–Crippen LogP) is 2.68. The van der Waals surface area contributed by atoms with Gasteiger partial charge in [0.1, 0.15) is 5.75 Å². The summed E-state index contributed by atoms with van der Waals surface area (Å²) in [6.07, 6.45) is 1.68. The topological polar surface area (TPSA) is 58.6 Å². The molecule has 0 fully saturated rings. The van der Waals surface area contributed by atoms with Gasteiger partial charge in [-0.15, -0.1) is 0 Å². The van der Waals surface area contributed by atoms with Crippen LogP contribution in [0.25, 0.3) is 0 Å². The van der Waals surface area contributed by atoms with Crippen LogP contribution in [0.15, 0.2) is 24.3 Å². The van der Waals surface area contributed by atoms with Crippen molar-refractivity contribution in [1.82, 2.24) is 5.32 Å². The summed E-state index contributed by atoms with van der Waals surface area (Å²) >= 11 is 0. The van der Waals surface area contributed by atoms with E-state index in [0.29, 0.717) is 5.75 Å². The van der Waals surface area contributed by atoms with Crippen molar-refractivity contribution in [3.8, 4) is 5.75 Å². The minimum Gasteiger partial charge on any atom is -0.481 e. The third kappa shape index (κ3) is 6.63. The number of hydrogen-bond acceptors (Lipinski definition) is 3. The number of aliphatic hydroxyl groups excluding tert-OH is 1. The molecule has 0 radical (unpaired) electrons. The Bertz CT molecular complexity index is 428. The Balaban J connectivity index is 2.49. The number of carbonyl (C=O) groups excluding carboxylic acids is 1. The van der Waals surface area contributed by atoms with Crippen molar-refractivity contribution in [2.45, 2.75) is 65.2 Å². The Kier molecular flexibility index (Phi) is 7.23. The van der Waals surface area contributed by atoms with Gasteiger partial charge in [0.25, 0.3) is 5.91 Å². The average Bonchev–Trinajstić information content (AvgIpc) is 2.46. The fourth-order valence-corrected chi connectivity index (χ4v) is 1.83. The Morgan fingerprint density at radius 1 is 1.24 bits per heavy atom. The van der Waals surface area contributed by atoms with Crippen LogP contribution in [-0.2, 0) is 11.2 Å². The molecule has 21 heavy (non-hydrogen) atoms. The third-order valence-electron chi connectivity index (χ3n) is 3.46. The second-order valence-electron chi connectivity index (χ2n) is 5.61. The highest BCUT2D eigenvalue weighted by Gasteiger charge is 2.16. The quantitative estimate of drug-likeness (QED) is 0.775. The number of hydrogen-bond donors (Lipinski definition) is 2. The zero-order valence-electron chi connectivity index (χ0n) is 13.4. The van der Waals surface area contributed by atoms with Gasteiger partial charge in [-0.1, -0.05) is 19.1 Å². The van der Waals surface area contributed by atoms with Crippen LogP contribution < -0.4 is 10.1 Å². The van der Waals surface area contributed by atoms with E-state index in [0.717, 1.165) is 24.8 Å². The molecule has 3 atom stereocenters. The van der Waals surface area contributed by atoms with Gasteiger partial charge in [-0.05, 0) is 57.7 Å². The van der Waals surface area contributed by atoms with E-state index in [1.807, 2.05) is 38.1 Å². The SMILES string of the molecule is CCC(C)NC(=O)C(C)Oc1ccc(CCC(C)O)cc1. The molecule has 0 saturated heterocycles. The van der Waals surface area contributed by atoms with E-state index in [4.69, 9.17) is 4.74 Å². The monoisotopic (exact) mass is 293 g/mol. The second-order valence-corrected chi connectivity index (χ2v) is 5.61. The summed E-state index contributed by atoms with van der Waals surface area (Å²) in [6, 6.07) is 7.83. The maximum atomic E-state index is 11.9. The molecule has 118 valence electrons. The highest BCUT2D eigenvalue weighted by Crippen LogP contribution is 2.15. The lowest BCUT2D eigenvalue weighted by Gasteiger charge is -2.18. The normalized spacial score (nSPS) is 15.1. The van der Waals surface area contributed by atoms with E-state index in [2.05, 4.69) is 5.32 Å². The van der Waals surface area contributed by atoms with E-state index >= 15 is 0 Å². The zero-order valence-corrected chi connectivity index (χ0v) is 13.4. The number of ether oxygens (including phenoxy) is 1. The number of carbonyl (C=O) groups is 1. The molecule has 2 N–H and O–H groups in total. The molecule has 0 aliphatic heterocycles. The summed E-state index contributed by atoms with van der Waals surface area (Å²) in [4.78, 5) is 11.9. The molecule has 1 aromatic rings. The molecule has 0 aliphatic rings. The first-order valence-electron chi connectivity index (χ1n) is 7.66. The molecule has 1 aromatic carbocycles. The van der Waals surface area contributed by atoms with Crippen LogP contribution in [0.2, 0.25) is 0 Å². The van der Waals surface area contributed by atoms with Crippen LogP contribution in [0.3, 0.4) is 0 Å². The molecule has 4 heteroatoms.